The molecule has 42 heavy (non-hydrogen) atoms. The Morgan fingerprint density at radius 2 is 1.57 bits per heavy atom. The monoisotopic (exact) mass is 601 g/mol. The number of fused-ring (bicyclic) bond motifs is 2. The molecule has 0 fully saturated rings. The number of aromatic nitrogens is 6. The SMILES string of the molecule is CC(Nc1ncnc2nc[nH]c12)c1cc2cccnc2n1-c1cccc(F)c1.O=C(O)C(F)(F)F.O=C(O)C(F)(F)F. The molecule has 222 valence electrons. The Bertz CT molecular complexity index is 1680. The lowest BCUT2D eigenvalue weighted by molar-refractivity contribution is -0.193. The molecule has 0 saturated heterocycles. The van der Waals surface area contributed by atoms with Crippen LogP contribution in [-0.2, 0) is 9.59 Å². The first kappa shape index (κ1) is 31.2. The first-order valence-electron chi connectivity index (χ1n) is 11.3. The third kappa shape index (κ3) is 7.67. The summed E-state index contributed by atoms with van der Waals surface area (Å²) in [4.78, 5) is 38.0. The van der Waals surface area contributed by atoms with E-state index < -0.39 is 24.3 Å². The lowest BCUT2D eigenvalue weighted by Crippen LogP contribution is -2.21. The van der Waals surface area contributed by atoms with E-state index in [1.165, 1.54) is 18.5 Å². The van der Waals surface area contributed by atoms with Crippen LogP contribution in [0.4, 0.5) is 36.6 Å². The van der Waals surface area contributed by atoms with Crippen molar-refractivity contribution in [3.05, 3.63) is 72.8 Å². The van der Waals surface area contributed by atoms with Gasteiger partial charge in [0.25, 0.3) is 0 Å². The summed E-state index contributed by atoms with van der Waals surface area (Å²) in [7, 11) is 0. The van der Waals surface area contributed by atoms with E-state index in [9.17, 15) is 30.7 Å². The minimum Gasteiger partial charge on any atom is -0.475 e. The van der Waals surface area contributed by atoms with E-state index >= 15 is 0 Å². The largest absolute Gasteiger partial charge is 0.490 e. The Kier molecular flexibility index (Phi) is 9.28. The highest BCUT2D eigenvalue weighted by atomic mass is 19.4. The number of hydrogen-bond donors (Lipinski definition) is 4. The number of alkyl halides is 6. The van der Waals surface area contributed by atoms with Crippen molar-refractivity contribution in [1.29, 1.82) is 0 Å². The van der Waals surface area contributed by atoms with E-state index in [1.807, 2.05) is 29.7 Å². The van der Waals surface area contributed by atoms with Gasteiger partial charge in [0.1, 0.15) is 23.3 Å². The van der Waals surface area contributed by atoms with Gasteiger partial charge in [0.05, 0.1) is 18.1 Å². The fraction of sp³-hybridized carbons (Fsp3) is 0.167. The summed E-state index contributed by atoms with van der Waals surface area (Å²) in [5.41, 5.74) is 3.75. The molecular formula is C24H18F7N7O4. The van der Waals surface area contributed by atoms with E-state index in [1.54, 1.807) is 18.6 Å². The van der Waals surface area contributed by atoms with Crippen molar-refractivity contribution < 1.29 is 50.5 Å². The molecule has 18 heteroatoms. The predicted molar refractivity (Wildman–Crippen MR) is 132 cm³/mol. The predicted octanol–water partition coefficient (Wildman–Crippen LogP) is 5.27. The Morgan fingerprint density at radius 1 is 0.929 bits per heavy atom. The first-order chi connectivity index (χ1) is 19.6. The number of nitrogens with zero attached hydrogens (tertiary/aromatic N) is 5. The smallest absolute Gasteiger partial charge is 0.475 e. The quantitative estimate of drug-likeness (QED) is 0.201. The van der Waals surface area contributed by atoms with Gasteiger partial charge in [-0.2, -0.15) is 26.3 Å². The van der Waals surface area contributed by atoms with Crippen molar-refractivity contribution in [1.82, 2.24) is 29.5 Å². The van der Waals surface area contributed by atoms with Gasteiger partial charge < -0.3 is 20.5 Å². The van der Waals surface area contributed by atoms with Gasteiger partial charge in [-0.25, -0.2) is 33.9 Å². The van der Waals surface area contributed by atoms with E-state index in [-0.39, 0.29) is 11.9 Å². The number of rotatable bonds is 4. The topological polar surface area (TPSA) is 159 Å². The maximum absolute atomic E-state index is 13.9. The number of aromatic amines is 1. The summed E-state index contributed by atoms with van der Waals surface area (Å²) in [6.07, 6.45) is -5.37. The highest BCUT2D eigenvalue weighted by Crippen LogP contribution is 2.30. The number of imidazole rings is 1. The number of pyridine rings is 1. The minimum atomic E-state index is -5.08. The average Bonchev–Trinajstić information content (AvgIpc) is 3.54. The lowest BCUT2D eigenvalue weighted by Gasteiger charge is -2.18. The summed E-state index contributed by atoms with van der Waals surface area (Å²) in [5, 5.41) is 18.6. The number of anilines is 1. The Morgan fingerprint density at radius 3 is 2.17 bits per heavy atom. The number of carboxylic acids is 2. The minimum absolute atomic E-state index is 0.140. The molecule has 4 aromatic heterocycles. The van der Waals surface area contributed by atoms with Crippen molar-refractivity contribution in [3.63, 3.8) is 0 Å². The highest BCUT2D eigenvalue weighted by molar-refractivity contribution is 5.83. The van der Waals surface area contributed by atoms with Crippen LogP contribution < -0.4 is 5.32 Å². The van der Waals surface area contributed by atoms with Crippen molar-refractivity contribution in [2.45, 2.75) is 25.3 Å². The molecule has 0 aliphatic heterocycles. The molecule has 1 unspecified atom stereocenters. The number of carboxylic acid groups (broad SMARTS) is 2. The molecule has 0 aliphatic carbocycles. The first-order valence-corrected chi connectivity index (χ1v) is 11.3. The van der Waals surface area contributed by atoms with Gasteiger partial charge in [-0.15, -0.1) is 0 Å². The molecule has 0 spiro atoms. The molecule has 4 N–H and O–H groups in total. The zero-order valence-electron chi connectivity index (χ0n) is 20.9. The fourth-order valence-corrected chi connectivity index (χ4v) is 3.41. The van der Waals surface area contributed by atoms with Gasteiger partial charge in [-0.1, -0.05) is 6.07 Å². The van der Waals surface area contributed by atoms with Crippen LogP contribution in [0.1, 0.15) is 18.7 Å². The summed E-state index contributed by atoms with van der Waals surface area (Å²) in [5.74, 6) is -5.16. The van der Waals surface area contributed by atoms with Crippen LogP contribution in [0, 0.1) is 5.82 Å². The number of benzene rings is 1. The van der Waals surface area contributed by atoms with Crippen LogP contribution >= 0.6 is 0 Å². The third-order valence-electron chi connectivity index (χ3n) is 5.16. The Labute approximate surface area is 229 Å². The van der Waals surface area contributed by atoms with E-state index in [0.29, 0.717) is 17.2 Å². The molecular weight excluding hydrogens is 583 g/mol. The van der Waals surface area contributed by atoms with Gasteiger partial charge in [0, 0.05) is 17.3 Å². The summed E-state index contributed by atoms with van der Waals surface area (Å²) in [6.45, 7) is 2.02. The lowest BCUT2D eigenvalue weighted by atomic mass is 10.2. The van der Waals surface area contributed by atoms with Gasteiger partial charge in [-0.05, 0) is 43.3 Å². The zero-order valence-corrected chi connectivity index (χ0v) is 20.9. The second-order valence-corrected chi connectivity index (χ2v) is 8.10. The van der Waals surface area contributed by atoms with Crippen LogP contribution in [0.25, 0.3) is 27.9 Å². The Balaban J connectivity index is 0.000000289. The van der Waals surface area contributed by atoms with Crippen LogP contribution in [0.15, 0.2) is 61.3 Å². The molecule has 0 bridgehead atoms. The second kappa shape index (κ2) is 12.5. The van der Waals surface area contributed by atoms with Crippen LogP contribution in [-0.4, -0.2) is 64.0 Å². The molecule has 5 aromatic rings. The molecule has 1 atom stereocenters. The van der Waals surface area contributed by atoms with Crippen LogP contribution in [0.5, 0.6) is 0 Å². The van der Waals surface area contributed by atoms with E-state index in [4.69, 9.17) is 19.8 Å². The molecule has 0 radical (unpaired) electrons. The number of halogens is 7. The van der Waals surface area contributed by atoms with Crippen LogP contribution in [0.2, 0.25) is 0 Å². The molecule has 4 heterocycles. The maximum Gasteiger partial charge on any atom is 0.490 e. The standard InChI is InChI=1S/C20H16FN7.2C2HF3O2/c1-12(27-19-17-18(24-10-23-17)25-11-26-19)16-8-13-4-3-7-22-20(13)28(16)15-6-2-5-14(21)9-15;2*3-2(4,5)1(6)7/h2-12H,1H3,(H2,23,24,25,26,27);2*(H,6,7). The molecule has 5 rings (SSSR count). The second-order valence-electron chi connectivity index (χ2n) is 8.10. The van der Waals surface area contributed by atoms with Crippen molar-refractivity contribution >= 4 is 40.0 Å². The van der Waals surface area contributed by atoms with E-state index in [2.05, 4.69) is 36.3 Å². The number of nitrogens with one attached hydrogen (secondary N) is 2. The maximum atomic E-state index is 13.9. The number of aliphatic carboxylic acids is 2. The average molecular weight is 601 g/mol. The van der Waals surface area contributed by atoms with Crippen LogP contribution in [0.3, 0.4) is 0 Å². The number of hydrogen-bond acceptors (Lipinski definition) is 7. The van der Waals surface area contributed by atoms with E-state index in [0.717, 1.165) is 22.2 Å². The van der Waals surface area contributed by atoms with Crippen molar-refractivity contribution in [2.24, 2.45) is 0 Å². The number of carbonyl (C=O) groups is 2. The molecule has 0 amide bonds. The van der Waals surface area contributed by atoms with Gasteiger partial charge in [0.2, 0.25) is 0 Å². The fourth-order valence-electron chi connectivity index (χ4n) is 3.41. The summed E-state index contributed by atoms with van der Waals surface area (Å²) in [6, 6.07) is 12.3. The highest BCUT2D eigenvalue weighted by Gasteiger charge is 2.38. The number of H-pyrrole nitrogens is 1. The van der Waals surface area contributed by atoms with Gasteiger partial charge in [0.15, 0.2) is 11.5 Å². The van der Waals surface area contributed by atoms with Crippen molar-refractivity contribution in [2.75, 3.05) is 5.32 Å². The van der Waals surface area contributed by atoms with Gasteiger partial charge >= 0.3 is 24.3 Å². The molecule has 11 nitrogen and oxygen atoms in total. The molecule has 1 aromatic carbocycles. The van der Waals surface area contributed by atoms with Gasteiger partial charge in [-0.3, -0.25) is 4.57 Å². The summed E-state index contributed by atoms with van der Waals surface area (Å²) < 4.78 is 79.3. The Hall–Kier alpha value is -5.29. The normalized spacial score (nSPS) is 12.1. The van der Waals surface area contributed by atoms with Crippen molar-refractivity contribution in [3.8, 4) is 5.69 Å². The zero-order chi connectivity index (χ0) is 31.2. The molecule has 0 saturated carbocycles. The third-order valence-corrected chi connectivity index (χ3v) is 5.16. The summed E-state index contributed by atoms with van der Waals surface area (Å²) >= 11 is 0. The molecule has 0 aliphatic rings.